The van der Waals surface area contributed by atoms with Gasteiger partial charge in [0.15, 0.2) is 0 Å². The molecular formula is C14H20ClFN2O2S. The summed E-state index contributed by atoms with van der Waals surface area (Å²) >= 11 is 6.03. The van der Waals surface area contributed by atoms with Crippen molar-refractivity contribution in [1.29, 1.82) is 0 Å². The molecule has 0 atom stereocenters. The summed E-state index contributed by atoms with van der Waals surface area (Å²) in [4.78, 5) is 4.27. The maximum absolute atomic E-state index is 13.7. The SMILES string of the molecule is CS(=O)(=O)CCN1CCN(Cc2c(F)cccc2Cl)CC1. The van der Waals surface area contributed by atoms with Crippen LogP contribution in [0, 0.1) is 5.82 Å². The summed E-state index contributed by atoms with van der Waals surface area (Å²) in [5.41, 5.74) is 0.531. The van der Waals surface area contributed by atoms with E-state index in [0.29, 0.717) is 23.7 Å². The van der Waals surface area contributed by atoms with Gasteiger partial charge in [-0.05, 0) is 12.1 Å². The van der Waals surface area contributed by atoms with Gasteiger partial charge in [-0.3, -0.25) is 9.80 Å². The van der Waals surface area contributed by atoms with Gasteiger partial charge in [0.05, 0.1) is 5.75 Å². The fourth-order valence-corrected chi connectivity index (χ4v) is 3.19. The Bertz CT molecular complexity index is 566. The van der Waals surface area contributed by atoms with E-state index in [1.165, 1.54) is 12.3 Å². The molecule has 0 aliphatic carbocycles. The Balaban J connectivity index is 1.84. The molecule has 7 heteroatoms. The third-order valence-corrected chi connectivity index (χ3v) is 4.96. The minimum absolute atomic E-state index is 0.187. The second kappa shape index (κ2) is 7.05. The third-order valence-electron chi connectivity index (χ3n) is 3.69. The van der Waals surface area contributed by atoms with Crippen LogP contribution in [0.15, 0.2) is 18.2 Å². The largest absolute Gasteiger partial charge is 0.300 e. The van der Waals surface area contributed by atoms with E-state index >= 15 is 0 Å². The van der Waals surface area contributed by atoms with Crippen molar-refractivity contribution < 1.29 is 12.8 Å². The average Bonchev–Trinajstić information content (AvgIpc) is 2.41. The zero-order chi connectivity index (χ0) is 15.5. The molecule has 118 valence electrons. The predicted octanol–water partition coefficient (Wildman–Crippen LogP) is 1.64. The highest BCUT2D eigenvalue weighted by molar-refractivity contribution is 7.90. The van der Waals surface area contributed by atoms with Gasteiger partial charge in [-0.15, -0.1) is 0 Å². The maximum atomic E-state index is 13.7. The summed E-state index contributed by atoms with van der Waals surface area (Å²) in [7, 11) is -2.92. The van der Waals surface area contributed by atoms with Gasteiger partial charge in [0.25, 0.3) is 0 Å². The summed E-state index contributed by atoms with van der Waals surface area (Å²) in [5, 5.41) is 0.453. The van der Waals surface area contributed by atoms with Crippen molar-refractivity contribution in [3.8, 4) is 0 Å². The van der Waals surface area contributed by atoms with Gasteiger partial charge >= 0.3 is 0 Å². The number of rotatable bonds is 5. The van der Waals surface area contributed by atoms with Crippen molar-refractivity contribution in [3.63, 3.8) is 0 Å². The van der Waals surface area contributed by atoms with Crippen LogP contribution in [0.4, 0.5) is 4.39 Å². The fourth-order valence-electron chi connectivity index (χ4n) is 2.37. The normalized spacial score (nSPS) is 18.0. The smallest absolute Gasteiger partial charge is 0.148 e. The number of halogens is 2. The first-order valence-corrected chi connectivity index (χ1v) is 9.34. The van der Waals surface area contributed by atoms with E-state index in [2.05, 4.69) is 9.80 Å². The van der Waals surface area contributed by atoms with Crippen molar-refractivity contribution in [1.82, 2.24) is 9.80 Å². The van der Waals surface area contributed by atoms with Crippen LogP contribution in [0.5, 0.6) is 0 Å². The third kappa shape index (κ3) is 5.21. The van der Waals surface area contributed by atoms with E-state index < -0.39 is 9.84 Å². The molecule has 0 bridgehead atoms. The van der Waals surface area contributed by atoms with E-state index in [1.54, 1.807) is 12.1 Å². The van der Waals surface area contributed by atoms with Gasteiger partial charge in [0, 0.05) is 56.1 Å². The highest BCUT2D eigenvalue weighted by atomic mass is 35.5. The monoisotopic (exact) mass is 334 g/mol. The first-order valence-electron chi connectivity index (χ1n) is 6.90. The Morgan fingerprint density at radius 3 is 2.38 bits per heavy atom. The van der Waals surface area contributed by atoms with Crippen LogP contribution in [0.2, 0.25) is 5.02 Å². The molecule has 21 heavy (non-hydrogen) atoms. The molecule has 0 amide bonds. The lowest BCUT2D eigenvalue weighted by Crippen LogP contribution is -2.47. The fraction of sp³-hybridized carbons (Fsp3) is 0.571. The summed E-state index contributed by atoms with van der Waals surface area (Å²) in [5.74, 6) is -0.0893. The van der Waals surface area contributed by atoms with Crippen LogP contribution < -0.4 is 0 Å². The summed E-state index contributed by atoms with van der Waals surface area (Å²) in [6.45, 7) is 4.21. The van der Waals surface area contributed by atoms with Crippen molar-refractivity contribution >= 4 is 21.4 Å². The van der Waals surface area contributed by atoms with Crippen LogP contribution in [-0.4, -0.2) is 63.0 Å². The van der Waals surface area contributed by atoms with Gasteiger partial charge in [0.2, 0.25) is 0 Å². The molecule has 0 aromatic heterocycles. The van der Waals surface area contributed by atoms with E-state index in [-0.39, 0.29) is 11.6 Å². The molecule has 1 aromatic carbocycles. The van der Waals surface area contributed by atoms with Crippen LogP contribution in [0.1, 0.15) is 5.56 Å². The van der Waals surface area contributed by atoms with Gasteiger partial charge in [0.1, 0.15) is 15.7 Å². The first kappa shape index (κ1) is 16.7. The molecule has 1 aliphatic rings. The molecule has 0 unspecified atom stereocenters. The molecule has 1 fully saturated rings. The highest BCUT2D eigenvalue weighted by Gasteiger charge is 2.19. The van der Waals surface area contributed by atoms with Gasteiger partial charge in [-0.1, -0.05) is 17.7 Å². The van der Waals surface area contributed by atoms with Crippen molar-refractivity contribution in [2.24, 2.45) is 0 Å². The molecule has 0 spiro atoms. The Morgan fingerprint density at radius 1 is 1.19 bits per heavy atom. The number of hydrogen-bond donors (Lipinski definition) is 0. The molecule has 0 radical (unpaired) electrons. The summed E-state index contributed by atoms with van der Waals surface area (Å²) in [6, 6.07) is 4.72. The summed E-state index contributed by atoms with van der Waals surface area (Å²) < 4.78 is 36.1. The van der Waals surface area contributed by atoms with Crippen LogP contribution in [-0.2, 0) is 16.4 Å². The molecular weight excluding hydrogens is 315 g/mol. The topological polar surface area (TPSA) is 40.6 Å². The van der Waals surface area contributed by atoms with E-state index in [1.807, 2.05) is 0 Å². The molecule has 1 heterocycles. The number of nitrogens with zero attached hydrogens (tertiary/aromatic N) is 2. The van der Waals surface area contributed by atoms with E-state index in [0.717, 1.165) is 26.2 Å². The van der Waals surface area contributed by atoms with Gasteiger partial charge in [-0.2, -0.15) is 0 Å². The molecule has 2 rings (SSSR count). The molecule has 1 aliphatic heterocycles. The lowest BCUT2D eigenvalue weighted by atomic mass is 10.2. The average molecular weight is 335 g/mol. The van der Waals surface area contributed by atoms with Crippen LogP contribution in [0.3, 0.4) is 0 Å². The zero-order valence-electron chi connectivity index (χ0n) is 12.1. The minimum Gasteiger partial charge on any atom is -0.300 e. The molecule has 1 saturated heterocycles. The number of sulfone groups is 1. The molecule has 0 saturated carbocycles. The van der Waals surface area contributed by atoms with Crippen molar-refractivity contribution in [3.05, 3.63) is 34.6 Å². The Kier molecular flexibility index (Phi) is 5.60. The molecule has 1 aromatic rings. The Labute approximate surface area is 130 Å². The quantitative estimate of drug-likeness (QED) is 0.821. The highest BCUT2D eigenvalue weighted by Crippen LogP contribution is 2.21. The Hall–Kier alpha value is -0.690. The lowest BCUT2D eigenvalue weighted by Gasteiger charge is -2.34. The molecule has 4 nitrogen and oxygen atoms in total. The second-order valence-corrected chi connectivity index (χ2v) is 8.11. The minimum atomic E-state index is -2.92. The lowest BCUT2D eigenvalue weighted by molar-refractivity contribution is 0.131. The van der Waals surface area contributed by atoms with Gasteiger partial charge in [-0.25, -0.2) is 12.8 Å². The number of benzene rings is 1. The zero-order valence-corrected chi connectivity index (χ0v) is 13.6. The standard InChI is InChI=1S/C14H20ClFN2O2S/c1-21(19,20)10-9-17-5-7-18(8-6-17)11-12-13(15)3-2-4-14(12)16/h2-4H,5-11H2,1H3. The summed E-state index contributed by atoms with van der Waals surface area (Å²) in [6.07, 6.45) is 1.25. The van der Waals surface area contributed by atoms with E-state index in [9.17, 15) is 12.8 Å². The van der Waals surface area contributed by atoms with Crippen LogP contribution >= 0.6 is 11.6 Å². The number of hydrogen-bond acceptors (Lipinski definition) is 4. The van der Waals surface area contributed by atoms with Crippen LogP contribution in [0.25, 0.3) is 0 Å². The molecule has 0 N–H and O–H groups in total. The van der Waals surface area contributed by atoms with Crippen molar-refractivity contribution in [2.75, 3.05) is 44.7 Å². The second-order valence-electron chi connectivity index (χ2n) is 5.45. The van der Waals surface area contributed by atoms with Crippen molar-refractivity contribution in [2.45, 2.75) is 6.54 Å². The Morgan fingerprint density at radius 2 is 1.81 bits per heavy atom. The predicted molar refractivity (Wildman–Crippen MR) is 82.8 cm³/mol. The first-order chi connectivity index (χ1) is 9.85. The maximum Gasteiger partial charge on any atom is 0.148 e. The van der Waals surface area contributed by atoms with E-state index in [4.69, 9.17) is 11.6 Å². The van der Waals surface area contributed by atoms with Gasteiger partial charge < -0.3 is 0 Å². The number of piperazine rings is 1.